The highest BCUT2D eigenvalue weighted by molar-refractivity contribution is 9.09. The molecule has 180 valence electrons. The third-order valence-corrected chi connectivity index (χ3v) is 7.33. The Kier molecular flexibility index (Phi) is 6.02. The first-order chi connectivity index (χ1) is 17.7. The molecule has 0 bridgehead atoms. The molecular weight excluding hydrogens is 516 g/mol. The summed E-state index contributed by atoms with van der Waals surface area (Å²) in [6, 6.07) is 31.6. The van der Waals surface area contributed by atoms with Crippen molar-refractivity contribution in [2.24, 2.45) is 0 Å². The Balaban J connectivity index is 1.38. The van der Waals surface area contributed by atoms with Gasteiger partial charge in [0.25, 0.3) is 0 Å². The smallest absolute Gasteiger partial charge is 0.305 e. The van der Waals surface area contributed by atoms with Crippen molar-refractivity contribution < 1.29 is 19.0 Å². The van der Waals surface area contributed by atoms with Gasteiger partial charge >= 0.3 is 5.79 Å². The van der Waals surface area contributed by atoms with E-state index in [1.54, 1.807) is 6.07 Å². The largest absolute Gasteiger partial charge is 0.480 e. The number of ether oxygens (including phenoxy) is 3. The molecule has 0 amide bonds. The van der Waals surface area contributed by atoms with Crippen molar-refractivity contribution in [3.8, 4) is 17.2 Å². The van der Waals surface area contributed by atoms with Crippen molar-refractivity contribution >= 4 is 21.7 Å². The molecule has 0 radical (unpaired) electrons. The van der Waals surface area contributed by atoms with E-state index in [-0.39, 0.29) is 18.3 Å². The van der Waals surface area contributed by atoms with Gasteiger partial charge in [-0.1, -0.05) is 101 Å². The number of carbonyl (C=O) groups is 1. The number of hydrogen-bond acceptors (Lipinski definition) is 4. The number of Topliss-reactive ketones (excluding diaryl/α,β-unsaturated/α-hetero) is 1. The summed E-state index contributed by atoms with van der Waals surface area (Å²) in [6.45, 7) is 0. The van der Waals surface area contributed by atoms with Gasteiger partial charge in [-0.3, -0.25) is 4.79 Å². The second-order valence-corrected chi connectivity index (χ2v) is 9.88. The van der Waals surface area contributed by atoms with Crippen LogP contribution in [0.25, 0.3) is 0 Å². The Morgan fingerprint density at radius 3 is 2.08 bits per heavy atom. The van der Waals surface area contributed by atoms with Gasteiger partial charge in [0.1, 0.15) is 6.10 Å². The minimum absolute atomic E-state index is 0.0351. The number of aryl methyl sites for hydroxylation is 1. The molecule has 4 nitrogen and oxygen atoms in total. The van der Waals surface area contributed by atoms with Crippen molar-refractivity contribution in [2.75, 3.05) is 5.33 Å². The zero-order valence-corrected chi connectivity index (χ0v) is 21.2. The van der Waals surface area contributed by atoms with E-state index in [1.807, 2.05) is 66.7 Å². The molecule has 0 aromatic heterocycles. The maximum absolute atomic E-state index is 13.2. The van der Waals surface area contributed by atoms with Crippen LogP contribution in [0, 0.1) is 0 Å². The summed E-state index contributed by atoms with van der Waals surface area (Å²) in [6.07, 6.45) is 2.00. The zero-order chi connectivity index (χ0) is 24.5. The van der Waals surface area contributed by atoms with Crippen LogP contribution in [0.4, 0.5) is 0 Å². The molecule has 0 aliphatic carbocycles. The maximum atomic E-state index is 13.2. The Hall–Kier alpha value is -3.57. The molecule has 0 saturated heterocycles. The van der Waals surface area contributed by atoms with E-state index in [2.05, 4.69) is 40.2 Å². The van der Waals surface area contributed by atoms with Gasteiger partial charge in [-0.15, -0.1) is 0 Å². The predicted molar refractivity (Wildman–Crippen MR) is 142 cm³/mol. The van der Waals surface area contributed by atoms with E-state index in [1.165, 1.54) is 5.56 Å². The van der Waals surface area contributed by atoms with Crippen LogP contribution in [0.15, 0.2) is 97.1 Å². The molecule has 0 N–H and O–H groups in total. The molecule has 1 unspecified atom stereocenters. The van der Waals surface area contributed by atoms with Crippen molar-refractivity contribution in [3.63, 3.8) is 0 Å². The average Bonchev–Trinajstić information content (AvgIpc) is 3.35. The van der Waals surface area contributed by atoms with Crippen LogP contribution in [0.3, 0.4) is 0 Å². The normalized spacial score (nSPS) is 17.4. The molecule has 1 atom stereocenters. The molecule has 0 fully saturated rings. The Morgan fingerprint density at radius 1 is 0.778 bits per heavy atom. The van der Waals surface area contributed by atoms with Crippen molar-refractivity contribution in [2.45, 2.75) is 31.2 Å². The molecule has 0 spiro atoms. The highest BCUT2D eigenvalue weighted by atomic mass is 79.9. The highest BCUT2D eigenvalue weighted by Gasteiger charge is 2.48. The maximum Gasteiger partial charge on any atom is 0.305 e. The summed E-state index contributed by atoms with van der Waals surface area (Å²) in [4.78, 5) is 13.2. The van der Waals surface area contributed by atoms with Gasteiger partial charge in [0.2, 0.25) is 5.75 Å². The fourth-order valence-electron chi connectivity index (χ4n) is 4.91. The minimum atomic E-state index is -1.17. The number of carbonyl (C=O) groups excluding carboxylic acids is 1. The number of alkyl halides is 1. The lowest BCUT2D eigenvalue weighted by Crippen LogP contribution is -2.36. The van der Waals surface area contributed by atoms with Gasteiger partial charge in [-0.25, -0.2) is 0 Å². The number of ketones is 1. The molecule has 2 heterocycles. The van der Waals surface area contributed by atoms with E-state index in [9.17, 15) is 4.79 Å². The van der Waals surface area contributed by atoms with E-state index in [0.29, 0.717) is 22.8 Å². The second-order valence-electron chi connectivity index (χ2n) is 9.09. The number of rotatable bonds is 6. The first-order valence-corrected chi connectivity index (χ1v) is 13.3. The van der Waals surface area contributed by atoms with Crippen LogP contribution in [0.5, 0.6) is 17.2 Å². The standard InChI is InChI=1S/C31H25BrO4/c32-19-7-8-21-13-15-22(16-14-21)28-20-26(33)25-17-18-27-30(29(25)34-28)36-31(35-27,23-9-3-1-4-10-23)24-11-5-2-6-12-24/h1-6,9-18,28H,7-8,19-20H2. The molecule has 6 rings (SSSR count). The van der Waals surface area contributed by atoms with Crippen LogP contribution < -0.4 is 14.2 Å². The number of benzene rings is 4. The highest BCUT2D eigenvalue weighted by Crippen LogP contribution is 2.55. The first kappa shape index (κ1) is 22.9. The molecule has 0 saturated carbocycles. The summed E-state index contributed by atoms with van der Waals surface area (Å²) >= 11 is 3.49. The lowest BCUT2D eigenvalue weighted by molar-refractivity contribution is -0.0473. The molecule has 4 aromatic carbocycles. The Morgan fingerprint density at radius 2 is 1.44 bits per heavy atom. The number of fused-ring (bicyclic) bond motifs is 3. The summed E-state index contributed by atoms with van der Waals surface area (Å²) < 4.78 is 19.7. The average molecular weight is 541 g/mol. The van der Waals surface area contributed by atoms with Gasteiger partial charge in [0.05, 0.1) is 12.0 Å². The monoisotopic (exact) mass is 540 g/mol. The topological polar surface area (TPSA) is 44.8 Å². The predicted octanol–water partition coefficient (Wildman–Crippen LogP) is 7.39. The van der Waals surface area contributed by atoms with Gasteiger partial charge in [-0.2, -0.15) is 0 Å². The lowest BCUT2D eigenvalue weighted by atomic mass is 9.95. The van der Waals surface area contributed by atoms with Crippen LogP contribution in [0.1, 0.15) is 51.6 Å². The number of hydrogen-bond donors (Lipinski definition) is 0. The van der Waals surface area contributed by atoms with E-state index < -0.39 is 5.79 Å². The van der Waals surface area contributed by atoms with Crippen LogP contribution in [-0.4, -0.2) is 11.1 Å². The second kappa shape index (κ2) is 9.47. The molecule has 5 heteroatoms. The third-order valence-electron chi connectivity index (χ3n) is 6.77. The zero-order valence-electron chi connectivity index (χ0n) is 19.7. The Labute approximate surface area is 219 Å². The molecule has 2 aliphatic rings. The van der Waals surface area contributed by atoms with E-state index in [4.69, 9.17) is 14.2 Å². The van der Waals surface area contributed by atoms with E-state index in [0.717, 1.165) is 34.9 Å². The van der Waals surface area contributed by atoms with Crippen molar-refractivity contribution in [1.29, 1.82) is 0 Å². The van der Waals surface area contributed by atoms with Crippen molar-refractivity contribution in [3.05, 3.63) is 125 Å². The summed E-state index contributed by atoms with van der Waals surface area (Å²) in [5.41, 5.74) is 4.50. The fourth-order valence-corrected chi connectivity index (χ4v) is 5.19. The molecule has 36 heavy (non-hydrogen) atoms. The van der Waals surface area contributed by atoms with E-state index >= 15 is 0 Å². The Bertz CT molecular complexity index is 1340. The fraction of sp³-hybridized carbons (Fsp3) is 0.194. The molecule has 4 aromatic rings. The van der Waals surface area contributed by atoms with Gasteiger partial charge in [0.15, 0.2) is 17.3 Å². The van der Waals surface area contributed by atoms with Crippen LogP contribution in [-0.2, 0) is 12.2 Å². The summed E-state index contributed by atoms with van der Waals surface area (Å²) in [5.74, 6) is 0.335. The summed E-state index contributed by atoms with van der Waals surface area (Å²) in [5, 5.41) is 0.979. The van der Waals surface area contributed by atoms with Gasteiger partial charge < -0.3 is 14.2 Å². The molecule has 2 aliphatic heterocycles. The third kappa shape index (κ3) is 3.97. The lowest BCUT2D eigenvalue weighted by Gasteiger charge is -2.29. The van der Waals surface area contributed by atoms with Crippen LogP contribution >= 0.6 is 15.9 Å². The first-order valence-electron chi connectivity index (χ1n) is 12.2. The summed E-state index contributed by atoms with van der Waals surface area (Å²) in [7, 11) is 0. The van der Waals surface area contributed by atoms with Gasteiger partial charge in [-0.05, 0) is 36.1 Å². The minimum Gasteiger partial charge on any atom is -0.480 e. The van der Waals surface area contributed by atoms with Crippen molar-refractivity contribution in [1.82, 2.24) is 0 Å². The van der Waals surface area contributed by atoms with Gasteiger partial charge in [0, 0.05) is 16.5 Å². The number of halogens is 1. The molecular formula is C31H25BrO4. The quantitative estimate of drug-likeness (QED) is 0.239. The van der Waals surface area contributed by atoms with Crippen LogP contribution in [0.2, 0.25) is 0 Å². The SMILES string of the molecule is O=C1CC(c2ccc(CCCBr)cc2)Oc2c1ccc1c2OC(c2ccccc2)(c2ccccc2)O1.